The fraction of sp³-hybridized carbons (Fsp3) is 0.500. The highest BCUT2D eigenvalue weighted by atomic mass is 16.5. The second-order valence-electron chi connectivity index (χ2n) is 4.68. The number of carbonyl (C=O) groups excluding carboxylic acids is 1. The number of ether oxygens (including phenoxy) is 2. The van der Waals surface area contributed by atoms with E-state index >= 15 is 0 Å². The smallest absolute Gasteiger partial charge is 0.239 e. The van der Waals surface area contributed by atoms with Crippen LogP contribution in [0.3, 0.4) is 0 Å². The molecule has 128 valence electrons. The SMILES string of the molecule is CCNC(=O)CNC(=NCc1ccc(OC)cc1OC)NCC. The first kappa shape index (κ1) is 18.6. The number of nitrogens with one attached hydrogen (secondary N) is 3. The number of rotatable bonds is 8. The van der Waals surface area contributed by atoms with Crippen LogP contribution in [0.15, 0.2) is 23.2 Å². The maximum Gasteiger partial charge on any atom is 0.239 e. The molecule has 7 heteroatoms. The average Bonchev–Trinajstić information content (AvgIpc) is 2.57. The van der Waals surface area contributed by atoms with Crippen molar-refractivity contribution in [1.82, 2.24) is 16.0 Å². The molecular formula is C16H26N4O3. The Morgan fingerprint density at radius 3 is 2.43 bits per heavy atom. The van der Waals surface area contributed by atoms with Crippen LogP contribution >= 0.6 is 0 Å². The van der Waals surface area contributed by atoms with Crippen LogP contribution in [0.2, 0.25) is 0 Å². The van der Waals surface area contributed by atoms with Gasteiger partial charge in [0, 0.05) is 24.7 Å². The third kappa shape index (κ3) is 6.46. The zero-order valence-electron chi connectivity index (χ0n) is 14.2. The summed E-state index contributed by atoms with van der Waals surface area (Å²) in [6, 6.07) is 5.59. The molecule has 0 fully saturated rings. The van der Waals surface area contributed by atoms with Gasteiger partial charge < -0.3 is 25.4 Å². The lowest BCUT2D eigenvalue weighted by Gasteiger charge is -2.12. The molecule has 0 saturated heterocycles. The Morgan fingerprint density at radius 1 is 1.09 bits per heavy atom. The number of nitrogens with zero attached hydrogens (tertiary/aromatic N) is 1. The van der Waals surface area contributed by atoms with Crippen LogP contribution in [0.25, 0.3) is 0 Å². The molecule has 1 amide bonds. The molecule has 23 heavy (non-hydrogen) atoms. The molecule has 1 aromatic carbocycles. The van der Waals surface area contributed by atoms with E-state index in [0.29, 0.717) is 31.3 Å². The number of hydrogen-bond acceptors (Lipinski definition) is 4. The Balaban J connectivity index is 2.74. The van der Waals surface area contributed by atoms with Gasteiger partial charge in [0.15, 0.2) is 5.96 Å². The maximum atomic E-state index is 11.5. The van der Waals surface area contributed by atoms with Crippen LogP contribution < -0.4 is 25.4 Å². The van der Waals surface area contributed by atoms with E-state index in [9.17, 15) is 4.79 Å². The number of aliphatic imine (C=N–C) groups is 1. The molecule has 7 nitrogen and oxygen atoms in total. The molecule has 3 N–H and O–H groups in total. The third-order valence-electron chi connectivity index (χ3n) is 3.04. The number of guanidine groups is 1. The van der Waals surface area contributed by atoms with Gasteiger partial charge in [0.05, 0.1) is 27.3 Å². The fourth-order valence-corrected chi connectivity index (χ4v) is 1.91. The molecule has 0 aliphatic heterocycles. The second kappa shape index (κ2) is 10.3. The molecule has 0 spiro atoms. The molecule has 0 aromatic heterocycles. The van der Waals surface area contributed by atoms with E-state index in [4.69, 9.17) is 9.47 Å². The van der Waals surface area contributed by atoms with Crippen molar-refractivity contribution in [3.63, 3.8) is 0 Å². The summed E-state index contributed by atoms with van der Waals surface area (Å²) in [6.45, 7) is 5.78. The molecule has 0 radical (unpaired) electrons. The lowest BCUT2D eigenvalue weighted by Crippen LogP contribution is -2.43. The third-order valence-corrected chi connectivity index (χ3v) is 3.04. The van der Waals surface area contributed by atoms with Gasteiger partial charge in [-0.2, -0.15) is 0 Å². The van der Waals surface area contributed by atoms with Crippen LogP contribution in [-0.4, -0.2) is 45.7 Å². The number of carbonyl (C=O) groups is 1. The van der Waals surface area contributed by atoms with E-state index in [2.05, 4.69) is 20.9 Å². The van der Waals surface area contributed by atoms with E-state index in [-0.39, 0.29) is 12.5 Å². The number of amides is 1. The highest BCUT2D eigenvalue weighted by Gasteiger charge is 2.06. The van der Waals surface area contributed by atoms with Gasteiger partial charge in [0.1, 0.15) is 11.5 Å². The molecule has 1 rings (SSSR count). The minimum Gasteiger partial charge on any atom is -0.497 e. The average molecular weight is 322 g/mol. The first-order valence-electron chi connectivity index (χ1n) is 7.64. The maximum absolute atomic E-state index is 11.5. The number of likely N-dealkylation sites (N-methyl/N-ethyl adjacent to an activating group) is 1. The van der Waals surface area contributed by atoms with Gasteiger partial charge >= 0.3 is 0 Å². The van der Waals surface area contributed by atoms with E-state index in [0.717, 1.165) is 11.3 Å². The predicted molar refractivity (Wildman–Crippen MR) is 91.0 cm³/mol. The summed E-state index contributed by atoms with van der Waals surface area (Å²) in [5.41, 5.74) is 0.934. The standard InChI is InChI=1S/C16H26N4O3/c1-5-17-15(21)11-20-16(18-6-2)19-10-12-7-8-13(22-3)9-14(12)23-4/h7-9H,5-6,10-11H2,1-4H3,(H,17,21)(H2,18,19,20). The normalized spacial score (nSPS) is 10.9. The molecule has 0 aliphatic rings. The van der Waals surface area contributed by atoms with E-state index in [1.807, 2.05) is 32.0 Å². The van der Waals surface area contributed by atoms with Crippen molar-refractivity contribution < 1.29 is 14.3 Å². The highest BCUT2D eigenvalue weighted by molar-refractivity contribution is 5.86. The summed E-state index contributed by atoms with van der Waals surface area (Å²) in [7, 11) is 3.22. The van der Waals surface area contributed by atoms with Crippen molar-refractivity contribution >= 4 is 11.9 Å². The summed E-state index contributed by atoms with van der Waals surface area (Å²) >= 11 is 0. The summed E-state index contributed by atoms with van der Waals surface area (Å²) in [5.74, 6) is 1.96. The Morgan fingerprint density at radius 2 is 1.83 bits per heavy atom. The molecular weight excluding hydrogens is 296 g/mol. The largest absolute Gasteiger partial charge is 0.497 e. The van der Waals surface area contributed by atoms with Gasteiger partial charge in [-0.3, -0.25) is 4.79 Å². The lowest BCUT2D eigenvalue weighted by molar-refractivity contribution is -0.119. The first-order valence-corrected chi connectivity index (χ1v) is 7.64. The first-order chi connectivity index (χ1) is 11.1. The predicted octanol–water partition coefficient (Wildman–Crippen LogP) is 0.895. The molecule has 1 aromatic rings. The molecule has 0 heterocycles. The zero-order valence-corrected chi connectivity index (χ0v) is 14.2. The Bertz CT molecular complexity index is 532. The minimum absolute atomic E-state index is 0.0693. The summed E-state index contributed by atoms with van der Waals surface area (Å²) < 4.78 is 10.5. The van der Waals surface area contributed by atoms with Gasteiger partial charge in [0.25, 0.3) is 0 Å². The van der Waals surface area contributed by atoms with Crippen molar-refractivity contribution in [1.29, 1.82) is 0 Å². The molecule has 0 unspecified atom stereocenters. The number of methoxy groups -OCH3 is 2. The van der Waals surface area contributed by atoms with Gasteiger partial charge in [-0.1, -0.05) is 0 Å². The number of hydrogen-bond donors (Lipinski definition) is 3. The molecule has 0 bridgehead atoms. The van der Waals surface area contributed by atoms with Crippen LogP contribution in [-0.2, 0) is 11.3 Å². The van der Waals surface area contributed by atoms with Crippen molar-refractivity contribution in [2.24, 2.45) is 4.99 Å². The zero-order chi connectivity index (χ0) is 17.1. The topological polar surface area (TPSA) is 84.0 Å². The van der Waals surface area contributed by atoms with Crippen LogP contribution in [0.5, 0.6) is 11.5 Å². The Kier molecular flexibility index (Phi) is 8.34. The van der Waals surface area contributed by atoms with E-state index in [1.165, 1.54) is 0 Å². The van der Waals surface area contributed by atoms with Crippen molar-refractivity contribution in [3.05, 3.63) is 23.8 Å². The lowest BCUT2D eigenvalue weighted by atomic mass is 10.2. The van der Waals surface area contributed by atoms with Crippen molar-refractivity contribution in [2.75, 3.05) is 33.9 Å². The van der Waals surface area contributed by atoms with Crippen molar-refractivity contribution in [3.8, 4) is 11.5 Å². The van der Waals surface area contributed by atoms with E-state index in [1.54, 1.807) is 14.2 Å². The second-order valence-corrected chi connectivity index (χ2v) is 4.68. The van der Waals surface area contributed by atoms with Gasteiger partial charge in [0.2, 0.25) is 5.91 Å². The fourth-order valence-electron chi connectivity index (χ4n) is 1.91. The highest BCUT2D eigenvalue weighted by Crippen LogP contribution is 2.25. The summed E-state index contributed by atoms with van der Waals surface area (Å²) in [4.78, 5) is 16.0. The van der Waals surface area contributed by atoms with Crippen LogP contribution in [0, 0.1) is 0 Å². The molecule has 0 aliphatic carbocycles. The van der Waals surface area contributed by atoms with Gasteiger partial charge in [-0.05, 0) is 26.0 Å². The Hall–Kier alpha value is -2.44. The van der Waals surface area contributed by atoms with Crippen LogP contribution in [0.1, 0.15) is 19.4 Å². The minimum atomic E-state index is -0.0693. The monoisotopic (exact) mass is 322 g/mol. The van der Waals surface area contributed by atoms with E-state index < -0.39 is 0 Å². The Labute approximate surface area is 137 Å². The summed E-state index contributed by atoms with van der Waals surface area (Å²) in [6.07, 6.45) is 0. The van der Waals surface area contributed by atoms with Gasteiger partial charge in [-0.25, -0.2) is 4.99 Å². The quantitative estimate of drug-likeness (QED) is 0.489. The molecule has 0 saturated carbocycles. The summed E-state index contributed by atoms with van der Waals surface area (Å²) in [5, 5.41) is 8.83. The van der Waals surface area contributed by atoms with Gasteiger partial charge in [-0.15, -0.1) is 0 Å². The number of benzene rings is 1. The van der Waals surface area contributed by atoms with Crippen LogP contribution in [0.4, 0.5) is 0 Å². The molecule has 0 atom stereocenters. The van der Waals surface area contributed by atoms with Crippen molar-refractivity contribution in [2.45, 2.75) is 20.4 Å².